The van der Waals surface area contributed by atoms with E-state index in [-0.39, 0.29) is 18.9 Å². The number of amides is 4. The molecule has 0 spiro atoms. The zero-order valence-electron chi connectivity index (χ0n) is 24.3. The molecular formula is C27H44N4O7S. The van der Waals surface area contributed by atoms with Crippen LogP contribution in [-0.2, 0) is 29.1 Å². The smallest absolute Gasteiger partial charge is 0.408 e. The first-order valence-electron chi connectivity index (χ1n) is 13.5. The molecule has 39 heavy (non-hydrogen) atoms. The summed E-state index contributed by atoms with van der Waals surface area (Å²) in [5, 5.41) is 5.45. The quantitative estimate of drug-likeness (QED) is 0.380. The third-order valence-corrected chi connectivity index (χ3v) is 10.1. The van der Waals surface area contributed by atoms with E-state index in [1.807, 2.05) is 6.92 Å². The Morgan fingerprint density at radius 3 is 2.15 bits per heavy atom. The van der Waals surface area contributed by atoms with Crippen LogP contribution in [0.3, 0.4) is 0 Å². The number of hydrogen-bond acceptors (Lipinski definition) is 7. The number of nitrogens with zero attached hydrogens (tertiary/aromatic N) is 1. The number of carbonyl (C=O) groups excluding carboxylic acids is 4. The molecule has 3 fully saturated rings. The van der Waals surface area contributed by atoms with Crippen molar-refractivity contribution in [2.24, 2.45) is 17.3 Å². The Labute approximate surface area is 231 Å². The molecule has 5 atom stereocenters. The maximum absolute atomic E-state index is 13.8. The highest BCUT2D eigenvalue weighted by molar-refractivity contribution is 7.91. The Kier molecular flexibility index (Phi) is 7.99. The molecule has 2 aliphatic carbocycles. The first-order chi connectivity index (χ1) is 17.7. The molecule has 12 heteroatoms. The fourth-order valence-electron chi connectivity index (χ4n) is 4.94. The lowest BCUT2D eigenvalue weighted by Gasteiger charge is -2.36. The van der Waals surface area contributed by atoms with Crippen molar-refractivity contribution in [3.05, 3.63) is 12.7 Å². The molecule has 0 aromatic rings. The van der Waals surface area contributed by atoms with Gasteiger partial charge < -0.3 is 20.3 Å². The number of nitrogens with one attached hydrogen (secondary N) is 3. The highest BCUT2D eigenvalue weighted by Gasteiger charge is 2.63. The summed E-state index contributed by atoms with van der Waals surface area (Å²) in [5.74, 6) is -2.45. The number of likely N-dealkylation sites (tertiary alicyclic amines) is 1. The van der Waals surface area contributed by atoms with Crippen LogP contribution in [0.5, 0.6) is 0 Å². The van der Waals surface area contributed by atoms with Crippen LogP contribution < -0.4 is 15.4 Å². The maximum Gasteiger partial charge on any atom is 0.408 e. The van der Waals surface area contributed by atoms with E-state index in [9.17, 15) is 27.6 Å². The highest BCUT2D eigenvalue weighted by atomic mass is 32.2. The molecule has 2 saturated carbocycles. The zero-order valence-corrected chi connectivity index (χ0v) is 25.2. The average Bonchev–Trinajstić information content (AvgIpc) is 3.66. The number of carbonyl (C=O) groups is 4. The lowest BCUT2D eigenvalue weighted by atomic mass is 9.85. The van der Waals surface area contributed by atoms with Gasteiger partial charge in [-0.2, -0.15) is 0 Å². The summed E-state index contributed by atoms with van der Waals surface area (Å²) in [6, 6.07) is -1.88. The largest absolute Gasteiger partial charge is 0.444 e. The highest BCUT2D eigenvalue weighted by Crippen LogP contribution is 2.47. The first-order valence-corrected chi connectivity index (χ1v) is 15.0. The van der Waals surface area contributed by atoms with Crippen molar-refractivity contribution in [1.29, 1.82) is 0 Å². The second kappa shape index (κ2) is 10.1. The monoisotopic (exact) mass is 568 g/mol. The summed E-state index contributed by atoms with van der Waals surface area (Å²) >= 11 is 0. The van der Waals surface area contributed by atoms with Crippen LogP contribution >= 0.6 is 0 Å². The van der Waals surface area contributed by atoms with Gasteiger partial charge in [-0.15, -0.1) is 6.58 Å². The Balaban J connectivity index is 1.80. The van der Waals surface area contributed by atoms with Crippen LogP contribution in [-0.4, -0.2) is 71.6 Å². The van der Waals surface area contributed by atoms with E-state index in [0.717, 1.165) is 0 Å². The van der Waals surface area contributed by atoms with Gasteiger partial charge in [0.1, 0.15) is 23.2 Å². The van der Waals surface area contributed by atoms with Crippen molar-refractivity contribution < 1.29 is 32.3 Å². The van der Waals surface area contributed by atoms with Gasteiger partial charge in [0.25, 0.3) is 5.91 Å². The average molecular weight is 569 g/mol. The number of rotatable bonds is 8. The van der Waals surface area contributed by atoms with Crippen LogP contribution in [0.1, 0.15) is 81.1 Å². The number of alkyl carbamates (subject to hydrolysis) is 1. The van der Waals surface area contributed by atoms with Crippen molar-refractivity contribution in [3.8, 4) is 0 Å². The van der Waals surface area contributed by atoms with Gasteiger partial charge in [-0.25, -0.2) is 13.2 Å². The van der Waals surface area contributed by atoms with Gasteiger partial charge in [-0.1, -0.05) is 33.8 Å². The number of hydrogen-bond donors (Lipinski definition) is 3. The van der Waals surface area contributed by atoms with Crippen LogP contribution in [0, 0.1) is 17.3 Å². The van der Waals surface area contributed by atoms with Crippen LogP contribution in [0.4, 0.5) is 4.79 Å². The van der Waals surface area contributed by atoms with Crippen molar-refractivity contribution >= 4 is 33.8 Å². The van der Waals surface area contributed by atoms with Crippen molar-refractivity contribution in [2.75, 3.05) is 6.54 Å². The molecule has 0 aromatic heterocycles. The predicted octanol–water partition coefficient (Wildman–Crippen LogP) is 2.22. The Morgan fingerprint density at radius 1 is 1.10 bits per heavy atom. The van der Waals surface area contributed by atoms with E-state index >= 15 is 0 Å². The number of ether oxygens (including phenoxy) is 1. The topological polar surface area (TPSA) is 151 Å². The normalized spacial score (nSPS) is 28.6. The SMILES string of the molecule is C=CC1CC1(NC(=O)C1C(C)CCN1C(=O)C(NC(=O)OC(C)(C)C)C(C)(C)C)C(=O)NS(=O)(=O)C1(C)CC1. The zero-order chi connectivity index (χ0) is 29.8. The predicted molar refractivity (Wildman–Crippen MR) is 146 cm³/mol. The summed E-state index contributed by atoms with van der Waals surface area (Å²) in [6.07, 6.45) is 2.46. The van der Waals surface area contributed by atoms with Gasteiger partial charge in [0, 0.05) is 12.5 Å². The van der Waals surface area contributed by atoms with Crippen LogP contribution in [0.2, 0.25) is 0 Å². The third kappa shape index (κ3) is 6.41. The molecule has 1 saturated heterocycles. The maximum atomic E-state index is 13.8. The van der Waals surface area contributed by atoms with Gasteiger partial charge in [0.05, 0.1) is 4.75 Å². The van der Waals surface area contributed by atoms with Crippen molar-refractivity contribution in [3.63, 3.8) is 0 Å². The lowest BCUT2D eigenvalue weighted by molar-refractivity contribution is -0.143. The molecule has 0 aromatic carbocycles. The molecule has 220 valence electrons. The molecule has 3 aliphatic rings. The minimum absolute atomic E-state index is 0.209. The molecule has 1 aliphatic heterocycles. The Bertz CT molecular complexity index is 1150. The fraction of sp³-hybridized carbons (Fsp3) is 0.778. The second-order valence-electron chi connectivity index (χ2n) is 13.6. The minimum atomic E-state index is -3.90. The number of sulfonamides is 1. The molecule has 3 rings (SSSR count). The molecule has 3 N–H and O–H groups in total. The van der Waals surface area contributed by atoms with Crippen LogP contribution in [0.15, 0.2) is 12.7 Å². The van der Waals surface area contributed by atoms with E-state index < -0.39 is 73.1 Å². The second-order valence-corrected chi connectivity index (χ2v) is 15.8. The third-order valence-electron chi connectivity index (χ3n) is 7.91. The van der Waals surface area contributed by atoms with Gasteiger partial charge in [0.2, 0.25) is 21.8 Å². The minimum Gasteiger partial charge on any atom is -0.444 e. The summed E-state index contributed by atoms with van der Waals surface area (Å²) in [6.45, 7) is 18.0. The Morgan fingerprint density at radius 2 is 1.69 bits per heavy atom. The van der Waals surface area contributed by atoms with E-state index in [1.165, 1.54) is 11.0 Å². The van der Waals surface area contributed by atoms with Gasteiger partial charge >= 0.3 is 6.09 Å². The summed E-state index contributed by atoms with van der Waals surface area (Å²) in [7, 11) is -3.90. The fourth-order valence-corrected chi connectivity index (χ4v) is 6.25. The molecular weight excluding hydrogens is 524 g/mol. The molecule has 4 amide bonds. The van der Waals surface area contributed by atoms with Crippen molar-refractivity contribution in [2.45, 2.75) is 109 Å². The van der Waals surface area contributed by atoms with Gasteiger partial charge in [0.15, 0.2) is 0 Å². The van der Waals surface area contributed by atoms with Crippen LogP contribution in [0.25, 0.3) is 0 Å². The summed E-state index contributed by atoms with van der Waals surface area (Å²) in [4.78, 5) is 54.7. The van der Waals surface area contributed by atoms with Gasteiger partial charge in [-0.05, 0) is 64.7 Å². The van der Waals surface area contributed by atoms with E-state index in [4.69, 9.17) is 4.74 Å². The Hall–Kier alpha value is -2.63. The van der Waals surface area contributed by atoms with E-state index in [1.54, 1.807) is 48.5 Å². The lowest BCUT2D eigenvalue weighted by Crippen LogP contribution is -2.61. The summed E-state index contributed by atoms with van der Waals surface area (Å²) < 4.78 is 32.0. The molecule has 5 unspecified atom stereocenters. The van der Waals surface area contributed by atoms with Crippen molar-refractivity contribution in [1.82, 2.24) is 20.3 Å². The molecule has 0 bridgehead atoms. The first kappa shape index (κ1) is 30.9. The molecule has 0 radical (unpaired) electrons. The molecule has 11 nitrogen and oxygen atoms in total. The standard InChI is InChI=1S/C27H44N4O7S/c1-10-17-15-27(17,22(34)30-39(36,37)26(9)12-13-26)29-20(32)18-16(2)11-14-31(18)21(33)19(24(3,4)5)28-23(35)38-25(6,7)8/h10,16-19H,1,11-15H2,2-9H3,(H,28,35)(H,29,32)(H,30,34). The molecule has 1 heterocycles. The van der Waals surface area contributed by atoms with E-state index in [2.05, 4.69) is 21.9 Å². The van der Waals surface area contributed by atoms with Gasteiger partial charge in [-0.3, -0.25) is 19.1 Å². The summed E-state index contributed by atoms with van der Waals surface area (Å²) in [5.41, 5.74) is -2.91. The van der Waals surface area contributed by atoms with E-state index in [0.29, 0.717) is 19.3 Å².